The Morgan fingerprint density at radius 3 is 2.94 bits per heavy atom. The molecule has 1 aliphatic heterocycles. The van der Waals surface area contributed by atoms with Gasteiger partial charge in [-0.15, -0.1) is 0 Å². The first-order valence-corrected chi connectivity index (χ1v) is 5.91. The summed E-state index contributed by atoms with van der Waals surface area (Å²) in [5.41, 5.74) is 6.42. The third-order valence-electron chi connectivity index (χ3n) is 2.95. The van der Waals surface area contributed by atoms with E-state index in [9.17, 15) is 10.1 Å². The van der Waals surface area contributed by atoms with Crippen LogP contribution in [0.25, 0.3) is 0 Å². The lowest BCUT2D eigenvalue weighted by molar-refractivity contribution is -0.384. The Hall–Kier alpha value is -1.33. The fourth-order valence-electron chi connectivity index (χ4n) is 2.17. The first-order chi connectivity index (χ1) is 8.09. The Bertz CT molecular complexity index is 439. The number of nitrogens with zero attached hydrogens (tertiary/aromatic N) is 2. The van der Waals surface area contributed by atoms with Gasteiger partial charge < -0.3 is 10.6 Å². The maximum absolute atomic E-state index is 11.0. The number of hydrogen-bond acceptors (Lipinski definition) is 4. The number of anilines is 1. The molecular formula is C11H14ClN3O2. The molecule has 17 heavy (non-hydrogen) atoms. The summed E-state index contributed by atoms with van der Waals surface area (Å²) in [5.74, 6) is 0. The molecule has 1 aromatic carbocycles. The number of nitro benzene ring substituents is 1. The van der Waals surface area contributed by atoms with E-state index >= 15 is 0 Å². The predicted octanol–water partition coefficient (Wildman–Crippen LogP) is 2.18. The first kappa shape index (κ1) is 12.1. The lowest BCUT2D eigenvalue weighted by Crippen LogP contribution is -2.43. The monoisotopic (exact) mass is 255 g/mol. The van der Waals surface area contributed by atoms with E-state index in [4.69, 9.17) is 17.3 Å². The fraction of sp³-hybridized carbons (Fsp3) is 0.455. The summed E-state index contributed by atoms with van der Waals surface area (Å²) in [6.07, 6.45) is 1.91. The smallest absolute Gasteiger partial charge is 0.310 e. The van der Waals surface area contributed by atoms with Crippen molar-refractivity contribution in [2.24, 2.45) is 5.73 Å². The highest BCUT2D eigenvalue weighted by Gasteiger charge is 2.25. The molecule has 6 heteroatoms. The molecule has 1 saturated heterocycles. The van der Waals surface area contributed by atoms with E-state index in [1.54, 1.807) is 12.1 Å². The van der Waals surface area contributed by atoms with Crippen molar-refractivity contribution < 1.29 is 4.92 Å². The molecule has 0 aromatic heterocycles. The highest BCUT2D eigenvalue weighted by molar-refractivity contribution is 6.33. The van der Waals surface area contributed by atoms with Crippen molar-refractivity contribution in [2.75, 3.05) is 18.0 Å². The number of halogens is 1. The molecule has 0 bridgehead atoms. The van der Waals surface area contributed by atoms with Crippen LogP contribution in [0.15, 0.2) is 18.2 Å². The lowest BCUT2D eigenvalue weighted by atomic mass is 10.1. The topological polar surface area (TPSA) is 72.4 Å². The number of hydrogen-bond donors (Lipinski definition) is 1. The Labute approximate surface area is 104 Å². The molecule has 0 unspecified atom stereocenters. The number of benzene rings is 1. The molecule has 0 radical (unpaired) electrons. The average Bonchev–Trinajstić information content (AvgIpc) is 2.28. The molecule has 0 amide bonds. The molecule has 0 spiro atoms. The third kappa shape index (κ3) is 2.50. The summed E-state index contributed by atoms with van der Waals surface area (Å²) >= 11 is 5.88. The van der Waals surface area contributed by atoms with Gasteiger partial charge in [0.05, 0.1) is 4.92 Å². The highest BCUT2D eigenvalue weighted by atomic mass is 35.5. The normalized spacial score (nSPS) is 20.4. The largest absolute Gasteiger partial charge is 0.364 e. The van der Waals surface area contributed by atoms with Crippen molar-refractivity contribution in [3.8, 4) is 0 Å². The maximum atomic E-state index is 11.0. The predicted molar refractivity (Wildman–Crippen MR) is 67.5 cm³/mol. The van der Waals surface area contributed by atoms with Gasteiger partial charge in [-0.2, -0.15) is 0 Å². The second kappa shape index (κ2) is 4.89. The van der Waals surface area contributed by atoms with E-state index < -0.39 is 4.92 Å². The summed E-state index contributed by atoms with van der Waals surface area (Å²) in [7, 11) is 0. The van der Waals surface area contributed by atoms with Crippen LogP contribution in [0.2, 0.25) is 5.02 Å². The zero-order valence-electron chi connectivity index (χ0n) is 9.30. The minimum atomic E-state index is -0.433. The number of para-hydroxylation sites is 1. The van der Waals surface area contributed by atoms with Crippen LogP contribution in [-0.2, 0) is 0 Å². The van der Waals surface area contributed by atoms with Crippen LogP contribution in [-0.4, -0.2) is 24.1 Å². The van der Waals surface area contributed by atoms with E-state index in [1.165, 1.54) is 6.07 Å². The average molecular weight is 256 g/mol. The van der Waals surface area contributed by atoms with E-state index in [-0.39, 0.29) is 16.8 Å². The minimum absolute atomic E-state index is 0.0248. The van der Waals surface area contributed by atoms with Crippen LogP contribution in [0.5, 0.6) is 0 Å². The van der Waals surface area contributed by atoms with E-state index in [2.05, 4.69) is 0 Å². The summed E-state index contributed by atoms with van der Waals surface area (Å²) in [4.78, 5) is 12.5. The second-order valence-electron chi connectivity index (χ2n) is 4.21. The van der Waals surface area contributed by atoms with Crippen molar-refractivity contribution in [1.82, 2.24) is 0 Å². The Balaban J connectivity index is 2.37. The molecule has 92 valence electrons. The molecule has 2 rings (SSSR count). The Kier molecular flexibility index (Phi) is 3.49. The molecule has 5 nitrogen and oxygen atoms in total. The molecule has 1 aromatic rings. The van der Waals surface area contributed by atoms with Crippen LogP contribution in [0.3, 0.4) is 0 Å². The molecule has 0 saturated carbocycles. The molecule has 1 heterocycles. The zero-order chi connectivity index (χ0) is 12.4. The molecule has 0 aliphatic carbocycles. The van der Waals surface area contributed by atoms with Crippen LogP contribution in [0, 0.1) is 10.1 Å². The van der Waals surface area contributed by atoms with Gasteiger partial charge in [-0.1, -0.05) is 17.7 Å². The quantitative estimate of drug-likeness (QED) is 0.649. The molecule has 1 fully saturated rings. The van der Waals surface area contributed by atoms with Crippen LogP contribution in [0.1, 0.15) is 12.8 Å². The molecule has 2 N–H and O–H groups in total. The minimum Gasteiger partial charge on any atom is -0.364 e. The van der Waals surface area contributed by atoms with Gasteiger partial charge in [0.15, 0.2) is 0 Å². The highest BCUT2D eigenvalue weighted by Crippen LogP contribution is 2.35. The number of piperidine rings is 1. The van der Waals surface area contributed by atoms with E-state index in [1.807, 2.05) is 4.90 Å². The summed E-state index contributed by atoms with van der Waals surface area (Å²) in [6, 6.07) is 5.06. The summed E-state index contributed by atoms with van der Waals surface area (Å²) < 4.78 is 0. The van der Waals surface area contributed by atoms with Crippen molar-refractivity contribution >= 4 is 23.0 Å². The van der Waals surface area contributed by atoms with E-state index in [0.29, 0.717) is 12.2 Å². The number of rotatable bonds is 2. The maximum Gasteiger partial charge on any atom is 0.310 e. The summed E-state index contributed by atoms with van der Waals surface area (Å²) in [5, 5.41) is 11.2. The Morgan fingerprint density at radius 2 is 2.29 bits per heavy atom. The van der Waals surface area contributed by atoms with E-state index in [0.717, 1.165) is 19.4 Å². The molecule has 1 aliphatic rings. The van der Waals surface area contributed by atoms with Gasteiger partial charge in [0.1, 0.15) is 10.7 Å². The van der Waals surface area contributed by atoms with Crippen molar-refractivity contribution in [3.05, 3.63) is 33.3 Å². The van der Waals surface area contributed by atoms with Gasteiger partial charge in [-0.25, -0.2) is 0 Å². The molecular weight excluding hydrogens is 242 g/mol. The van der Waals surface area contributed by atoms with Crippen molar-refractivity contribution in [3.63, 3.8) is 0 Å². The van der Waals surface area contributed by atoms with Gasteiger partial charge in [0.2, 0.25) is 0 Å². The van der Waals surface area contributed by atoms with Gasteiger partial charge in [-0.3, -0.25) is 10.1 Å². The fourth-order valence-corrected chi connectivity index (χ4v) is 2.41. The number of nitrogens with two attached hydrogens (primary N) is 1. The van der Waals surface area contributed by atoms with Crippen molar-refractivity contribution in [1.29, 1.82) is 0 Å². The van der Waals surface area contributed by atoms with Gasteiger partial charge >= 0.3 is 5.69 Å². The molecule has 1 atom stereocenters. The number of nitro groups is 1. The van der Waals surface area contributed by atoms with Crippen LogP contribution >= 0.6 is 11.6 Å². The second-order valence-corrected chi connectivity index (χ2v) is 4.62. The third-order valence-corrected chi connectivity index (χ3v) is 3.25. The van der Waals surface area contributed by atoms with Gasteiger partial charge in [0, 0.05) is 19.1 Å². The SMILES string of the molecule is N[C@@H]1CCCN(c2cccc(Cl)c2[N+](=O)[O-])C1. The summed E-state index contributed by atoms with van der Waals surface area (Å²) in [6.45, 7) is 1.43. The lowest BCUT2D eigenvalue weighted by Gasteiger charge is -2.32. The van der Waals surface area contributed by atoms with Gasteiger partial charge in [-0.05, 0) is 25.0 Å². The van der Waals surface area contributed by atoms with Crippen molar-refractivity contribution in [2.45, 2.75) is 18.9 Å². The van der Waals surface area contributed by atoms with Crippen LogP contribution < -0.4 is 10.6 Å². The standard InChI is InChI=1S/C11H14ClN3O2/c12-9-4-1-5-10(11(9)15(16)17)14-6-2-3-8(13)7-14/h1,4-5,8H,2-3,6-7,13H2/t8-/m1/s1. The van der Waals surface area contributed by atoms with Crippen LogP contribution in [0.4, 0.5) is 11.4 Å². The van der Waals surface area contributed by atoms with Gasteiger partial charge in [0.25, 0.3) is 0 Å². The zero-order valence-corrected chi connectivity index (χ0v) is 10.1. The first-order valence-electron chi connectivity index (χ1n) is 5.53. The Morgan fingerprint density at radius 1 is 1.53 bits per heavy atom.